The molecular weight excluding hydrogens is 795 g/mol. The molecule has 0 radical (unpaired) electrons. The van der Waals surface area contributed by atoms with Crippen LogP contribution in [0.25, 0.3) is 133 Å². The summed E-state index contributed by atoms with van der Waals surface area (Å²) in [5.74, 6) is 1.90. The third-order valence-corrected chi connectivity index (χ3v) is 13.1. The standard InChI is InChI=1S/C59H35N5O/c1-4-16-36(17-5-1)57-60-58(37-18-6-2-7-19-37)62-59(61-57)38-28-30-40(31-29-38)63-48-27-15-14-26-47(48)51-49(63)34-32-45-46-33-35-50-53(56(46)65-55(45)51)52-43-24-12-10-22-41(43)42-23-11-13-25-44(42)54(52)64(50)39-20-8-3-9-21-39/h1-35H. The van der Waals surface area contributed by atoms with E-state index >= 15 is 0 Å². The molecule has 0 saturated carbocycles. The minimum atomic E-state index is 0.621. The van der Waals surface area contributed by atoms with Crippen molar-refractivity contribution >= 4 is 87.1 Å². The largest absolute Gasteiger partial charge is 0.455 e. The first kappa shape index (κ1) is 35.7. The quantitative estimate of drug-likeness (QED) is 0.162. The van der Waals surface area contributed by atoms with Crippen LogP contribution >= 0.6 is 0 Å². The SMILES string of the molecule is c1ccc(-c2nc(-c3ccccc3)nc(-c3ccc(-n4c5ccccc5c5c6oc7c(ccc8c7c7c9ccccc9c9ccccc9c7n8-c7ccccc7)c6ccc54)cc3)n2)cc1. The van der Waals surface area contributed by atoms with Crippen LogP contribution in [-0.2, 0) is 0 Å². The van der Waals surface area contributed by atoms with Crippen LogP contribution in [0, 0.1) is 0 Å². The predicted molar refractivity (Wildman–Crippen MR) is 267 cm³/mol. The molecule has 4 heterocycles. The molecule has 6 heteroatoms. The van der Waals surface area contributed by atoms with Crippen LogP contribution in [0.15, 0.2) is 217 Å². The van der Waals surface area contributed by atoms with Crippen LogP contribution < -0.4 is 0 Å². The van der Waals surface area contributed by atoms with Gasteiger partial charge in [-0.3, -0.25) is 0 Å². The van der Waals surface area contributed by atoms with Crippen molar-refractivity contribution in [3.8, 4) is 45.5 Å². The van der Waals surface area contributed by atoms with E-state index in [0.717, 1.165) is 82.7 Å². The number of hydrogen-bond acceptors (Lipinski definition) is 4. The maximum atomic E-state index is 7.38. The topological polar surface area (TPSA) is 61.7 Å². The average Bonchev–Trinajstić information content (AvgIpc) is 4.05. The number of para-hydroxylation sites is 2. The molecular formula is C59H35N5O. The van der Waals surface area contributed by atoms with E-state index < -0.39 is 0 Å². The molecule has 0 spiro atoms. The highest BCUT2D eigenvalue weighted by Crippen LogP contribution is 2.48. The summed E-state index contributed by atoms with van der Waals surface area (Å²) in [6, 6.07) is 74.7. The van der Waals surface area contributed by atoms with Gasteiger partial charge in [0.25, 0.3) is 0 Å². The van der Waals surface area contributed by atoms with Crippen molar-refractivity contribution in [1.29, 1.82) is 0 Å². The molecule has 0 fully saturated rings. The van der Waals surface area contributed by atoms with Gasteiger partial charge in [-0.1, -0.05) is 146 Å². The monoisotopic (exact) mass is 829 g/mol. The lowest BCUT2D eigenvalue weighted by atomic mass is 9.96. The Morgan fingerprint density at radius 1 is 0.277 bits per heavy atom. The van der Waals surface area contributed by atoms with Crippen molar-refractivity contribution in [1.82, 2.24) is 24.1 Å². The number of fused-ring (bicyclic) bond motifs is 16. The van der Waals surface area contributed by atoms with Crippen molar-refractivity contribution in [3.05, 3.63) is 212 Å². The smallest absolute Gasteiger partial charge is 0.164 e. The zero-order valence-corrected chi connectivity index (χ0v) is 34.9. The maximum Gasteiger partial charge on any atom is 0.164 e. The van der Waals surface area contributed by atoms with Crippen LogP contribution in [0.4, 0.5) is 0 Å². The van der Waals surface area contributed by atoms with Crippen LogP contribution in [-0.4, -0.2) is 24.1 Å². The third kappa shape index (κ3) is 5.25. The summed E-state index contributed by atoms with van der Waals surface area (Å²) in [7, 11) is 0. The van der Waals surface area contributed by atoms with Gasteiger partial charge in [-0.2, -0.15) is 0 Å². The first-order valence-electron chi connectivity index (χ1n) is 21.9. The maximum absolute atomic E-state index is 7.38. The Balaban J connectivity index is 0.999. The van der Waals surface area contributed by atoms with E-state index in [1.54, 1.807) is 0 Å². The van der Waals surface area contributed by atoms with Gasteiger partial charge in [0.1, 0.15) is 11.2 Å². The summed E-state index contributed by atoms with van der Waals surface area (Å²) in [6.07, 6.45) is 0. The average molecular weight is 830 g/mol. The first-order chi connectivity index (χ1) is 32.3. The molecule has 0 bridgehead atoms. The lowest BCUT2D eigenvalue weighted by Gasteiger charge is -2.11. The Bertz CT molecular complexity index is 4150. The Morgan fingerprint density at radius 2 is 0.723 bits per heavy atom. The molecule has 0 unspecified atom stereocenters. The number of nitrogens with zero attached hydrogens (tertiary/aromatic N) is 5. The Hall–Kier alpha value is -8.87. The Morgan fingerprint density at radius 3 is 1.34 bits per heavy atom. The summed E-state index contributed by atoms with van der Waals surface area (Å²) >= 11 is 0. The summed E-state index contributed by atoms with van der Waals surface area (Å²) in [5, 5.41) is 11.6. The van der Waals surface area contributed by atoms with Gasteiger partial charge in [0.15, 0.2) is 17.5 Å². The fourth-order valence-electron chi connectivity index (χ4n) is 10.3. The van der Waals surface area contributed by atoms with Gasteiger partial charge in [-0.25, -0.2) is 15.0 Å². The van der Waals surface area contributed by atoms with Crippen LogP contribution in [0.2, 0.25) is 0 Å². The van der Waals surface area contributed by atoms with Crippen molar-refractivity contribution in [2.75, 3.05) is 0 Å². The summed E-state index contributed by atoms with van der Waals surface area (Å²) in [6.45, 7) is 0. The van der Waals surface area contributed by atoms with Crippen molar-refractivity contribution < 1.29 is 4.42 Å². The highest BCUT2D eigenvalue weighted by Gasteiger charge is 2.25. The van der Waals surface area contributed by atoms with Gasteiger partial charge in [-0.15, -0.1) is 0 Å². The first-order valence-corrected chi connectivity index (χ1v) is 21.9. The van der Waals surface area contributed by atoms with Gasteiger partial charge in [0.2, 0.25) is 0 Å². The zero-order chi connectivity index (χ0) is 42.6. The van der Waals surface area contributed by atoms with E-state index in [0.29, 0.717) is 17.5 Å². The molecule has 0 aliphatic heterocycles. The van der Waals surface area contributed by atoms with Crippen LogP contribution in [0.3, 0.4) is 0 Å². The molecule has 0 atom stereocenters. The summed E-state index contributed by atoms with van der Waals surface area (Å²) in [4.78, 5) is 14.9. The molecule has 0 amide bonds. The Labute approximate surface area is 371 Å². The fraction of sp³-hybridized carbons (Fsp3) is 0. The number of rotatable bonds is 5. The molecule has 4 aromatic heterocycles. The summed E-state index contributed by atoms with van der Waals surface area (Å²) < 4.78 is 12.2. The van der Waals surface area contributed by atoms with Crippen LogP contribution in [0.1, 0.15) is 0 Å². The predicted octanol–water partition coefficient (Wildman–Crippen LogP) is 15.3. The minimum Gasteiger partial charge on any atom is -0.455 e. The molecule has 14 aromatic rings. The second-order valence-electron chi connectivity index (χ2n) is 16.7. The molecule has 0 aliphatic rings. The molecule has 65 heavy (non-hydrogen) atoms. The molecule has 0 aliphatic carbocycles. The molecule has 302 valence electrons. The van der Waals surface area contributed by atoms with E-state index in [1.165, 1.54) is 32.4 Å². The van der Waals surface area contributed by atoms with E-state index in [-0.39, 0.29) is 0 Å². The van der Waals surface area contributed by atoms with Gasteiger partial charge < -0.3 is 13.6 Å². The van der Waals surface area contributed by atoms with E-state index in [9.17, 15) is 0 Å². The normalized spacial score (nSPS) is 12.0. The second kappa shape index (κ2) is 13.8. The Kier molecular flexibility index (Phi) is 7.59. The molecule has 0 saturated heterocycles. The van der Waals surface area contributed by atoms with Gasteiger partial charge in [-0.05, 0) is 82.9 Å². The lowest BCUT2D eigenvalue weighted by Crippen LogP contribution is -2.00. The second-order valence-corrected chi connectivity index (χ2v) is 16.7. The van der Waals surface area contributed by atoms with Gasteiger partial charge in [0.05, 0.1) is 32.8 Å². The fourth-order valence-corrected chi connectivity index (χ4v) is 10.3. The van der Waals surface area contributed by atoms with E-state index in [1.807, 2.05) is 60.7 Å². The third-order valence-electron chi connectivity index (χ3n) is 13.1. The highest BCUT2D eigenvalue weighted by atomic mass is 16.3. The van der Waals surface area contributed by atoms with Crippen molar-refractivity contribution in [2.24, 2.45) is 0 Å². The van der Waals surface area contributed by atoms with Crippen molar-refractivity contribution in [3.63, 3.8) is 0 Å². The zero-order valence-electron chi connectivity index (χ0n) is 34.9. The molecule has 14 rings (SSSR count). The summed E-state index contributed by atoms with van der Waals surface area (Å²) in [5.41, 5.74) is 11.2. The molecule has 6 nitrogen and oxygen atoms in total. The number of benzene rings is 10. The minimum absolute atomic E-state index is 0.621. The van der Waals surface area contributed by atoms with Crippen molar-refractivity contribution in [2.45, 2.75) is 0 Å². The molecule has 10 aromatic carbocycles. The highest BCUT2D eigenvalue weighted by molar-refractivity contribution is 6.37. The van der Waals surface area contributed by atoms with Gasteiger partial charge in [0, 0.05) is 55.0 Å². The van der Waals surface area contributed by atoms with Gasteiger partial charge >= 0.3 is 0 Å². The van der Waals surface area contributed by atoms with E-state index in [4.69, 9.17) is 19.4 Å². The lowest BCUT2D eigenvalue weighted by molar-refractivity contribution is 0.677. The number of hydrogen-bond donors (Lipinski definition) is 0. The van der Waals surface area contributed by atoms with Crippen LogP contribution in [0.5, 0.6) is 0 Å². The number of aromatic nitrogens is 5. The van der Waals surface area contributed by atoms with E-state index in [2.05, 4.69) is 161 Å². The number of furan rings is 1. The molecule has 0 N–H and O–H groups in total.